The van der Waals surface area contributed by atoms with Gasteiger partial charge in [-0.15, -0.1) is 0 Å². The summed E-state index contributed by atoms with van der Waals surface area (Å²) in [5, 5.41) is 6.93. The first kappa shape index (κ1) is 18.3. The van der Waals surface area contributed by atoms with Gasteiger partial charge in [-0.1, -0.05) is 33.6 Å². The molecule has 4 nitrogen and oxygen atoms in total. The topological polar surface area (TPSA) is 39.7 Å². The molecular weight excluding hydrogens is 260 g/mol. The quantitative estimate of drug-likeness (QED) is 0.534. The number of likely N-dealkylation sites (tertiary alicyclic amines) is 1. The third kappa shape index (κ3) is 7.16. The fourth-order valence-electron chi connectivity index (χ4n) is 3.03. The van der Waals surface area contributed by atoms with Crippen molar-refractivity contribution in [3.05, 3.63) is 0 Å². The van der Waals surface area contributed by atoms with Gasteiger partial charge in [0.2, 0.25) is 0 Å². The SMILES string of the molecule is CCC(CC)CNC(=NC)NCCC1CCN(CC)CC1. The molecule has 0 saturated carbocycles. The highest BCUT2D eigenvalue weighted by Crippen LogP contribution is 2.19. The first-order chi connectivity index (χ1) is 10.2. The van der Waals surface area contributed by atoms with Crippen LogP contribution in [-0.2, 0) is 0 Å². The minimum Gasteiger partial charge on any atom is -0.356 e. The first-order valence-electron chi connectivity index (χ1n) is 8.90. The summed E-state index contributed by atoms with van der Waals surface area (Å²) < 4.78 is 0. The molecule has 2 N–H and O–H groups in total. The number of rotatable bonds is 8. The standard InChI is InChI=1S/C17H36N4/c1-5-15(6-2)14-20-17(18-4)19-11-8-16-9-12-21(7-3)13-10-16/h15-16H,5-14H2,1-4H3,(H2,18,19,20). The second kappa shape index (κ2) is 10.9. The molecule has 0 aromatic rings. The molecule has 124 valence electrons. The summed E-state index contributed by atoms with van der Waals surface area (Å²) in [6.07, 6.45) is 6.45. The van der Waals surface area contributed by atoms with Crippen molar-refractivity contribution >= 4 is 5.96 Å². The number of piperidine rings is 1. The summed E-state index contributed by atoms with van der Waals surface area (Å²) in [6.45, 7) is 12.6. The molecule has 0 aromatic heterocycles. The lowest BCUT2D eigenvalue weighted by molar-refractivity contribution is 0.187. The highest BCUT2D eigenvalue weighted by atomic mass is 15.2. The highest BCUT2D eigenvalue weighted by Gasteiger charge is 2.17. The summed E-state index contributed by atoms with van der Waals surface area (Å²) in [4.78, 5) is 6.88. The molecule has 0 spiro atoms. The average Bonchev–Trinajstić information content (AvgIpc) is 2.54. The van der Waals surface area contributed by atoms with Crippen molar-refractivity contribution in [3.8, 4) is 0 Å². The van der Waals surface area contributed by atoms with E-state index >= 15 is 0 Å². The van der Waals surface area contributed by atoms with Gasteiger partial charge in [0, 0.05) is 20.1 Å². The summed E-state index contributed by atoms with van der Waals surface area (Å²) in [5.41, 5.74) is 0. The fourth-order valence-corrected chi connectivity index (χ4v) is 3.03. The molecule has 0 radical (unpaired) electrons. The van der Waals surface area contributed by atoms with Gasteiger partial charge in [0.15, 0.2) is 5.96 Å². The minimum atomic E-state index is 0.752. The maximum Gasteiger partial charge on any atom is 0.190 e. The van der Waals surface area contributed by atoms with Crippen molar-refractivity contribution in [2.24, 2.45) is 16.8 Å². The first-order valence-corrected chi connectivity index (χ1v) is 8.90. The predicted molar refractivity (Wildman–Crippen MR) is 92.9 cm³/mol. The van der Waals surface area contributed by atoms with E-state index in [-0.39, 0.29) is 0 Å². The predicted octanol–water partition coefficient (Wildman–Crippen LogP) is 2.71. The Labute approximate surface area is 131 Å². The van der Waals surface area contributed by atoms with Gasteiger partial charge in [-0.2, -0.15) is 0 Å². The van der Waals surface area contributed by atoms with E-state index in [1.54, 1.807) is 0 Å². The Bertz CT molecular complexity index is 279. The number of aliphatic imine (C=N–C) groups is 1. The van der Waals surface area contributed by atoms with E-state index in [2.05, 4.69) is 41.3 Å². The zero-order valence-corrected chi connectivity index (χ0v) is 14.6. The Morgan fingerprint density at radius 3 is 2.33 bits per heavy atom. The Morgan fingerprint density at radius 2 is 1.81 bits per heavy atom. The summed E-state index contributed by atoms with van der Waals surface area (Å²) in [5.74, 6) is 2.60. The normalized spacial score (nSPS) is 18.2. The maximum absolute atomic E-state index is 4.32. The van der Waals surface area contributed by atoms with E-state index in [0.29, 0.717) is 0 Å². The summed E-state index contributed by atoms with van der Waals surface area (Å²) in [6, 6.07) is 0. The van der Waals surface area contributed by atoms with Crippen LogP contribution in [0.4, 0.5) is 0 Å². The Hall–Kier alpha value is -0.770. The molecule has 1 rings (SSSR count). The van der Waals surface area contributed by atoms with Crippen molar-refractivity contribution in [1.29, 1.82) is 0 Å². The van der Waals surface area contributed by atoms with Gasteiger partial charge in [-0.3, -0.25) is 4.99 Å². The molecule has 0 amide bonds. The van der Waals surface area contributed by atoms with Gasteiger partial charge >= 0.3 is 0 Å². The van der Waals surface area contributed by atoms with Gasteiger partial charge < -0.3 is 15.5 Å². The molecule has 0 aromatic carbocycles. The van der Waals surface area contributed by atoms with Gasteiger partial charge in [-0.05, 0) is 50.7 Å². The molecule has 0 bridgehead atoms. The molecule has 0 unspecified atom stereocenters. The molecule has 1 saturated heterocycles. The molecule has 1 fully saturated rings. The summed E-state index contributed by atoms with van der Waals surface area (Å²) in [7, 11) is 1.86. The number of hydrogen-bond donors (Lipinski definition) is 2. The lowest BCUT2D eigenvalue weighted by atomic mass is 9.93. The van der Waals surface area contributed by atoms with E-state index in [4.69, 9.17) is 0 Å². The number of hydrogen-bond acceptors (Lipinski definition) is 2. The summed E-state index contributed by atoms with van der Waals surface area (Å²) >= 11 is 0. The van der Waals surface area contributed by atoms with Crippen molar-refractivity contribution in [2.45, 2.75) is 52.9 Å². The monoisotopic (exact) mass is 296 g/mol. The van der Waals surface area contributed by atoms with Crippen molar-refractivity contribution < 1.29 is 0 Å². The van der Waals surface area contributed by atoms with E-state index in [1.165, 1.54) is 51.7 Å². The Kier molecular flexibility index (Phi) is 9.48. The van der Waals surface area contributed by atoms with E-state index < -0.39 is 0 Å². The third-order valence-corrected chi connectivity index (χ3v) is 4.94. The van der Waals surface area contributed by atoms with E-state index in [0.717, 1.165) is 30.9 Å². The Balaban J connectivity index is 2.15. The van der Waals surface area contributed by atoms with E-state index in [1.807, 2.05) is 7.05 Å². The van der Waals surface area contributed by atoms with Crippen molar-refractivity contribution in [2.75, 3.05) is 39.8 Å². The van der Waals surface area contributed by atoms with E-state index in [9.17, 15) is 0 Å². The molecule has 0 aliphatic carbocycles. The van der Waals surface area contributed by atoms with Crippen LogP contribution >= 0.6 is 0 Å². The second-order valence-electron chi connectivity index (χ2n) is 6.23. The molecule has 1 heterocycles. The van der Waals surface area contributed by atoms with Crippen LogP contribution in [0.25, 0.3) is 0 Å². The molecule has 4 heteroatoms. The van der Waals surface area contributed by atoms with Crippen LogP contribution in [0.5, 0.6) is 0 Å². The second-order valence-corrected chi connectivity index (χ2v) is 6.23. The molecule has 0 atom stereocenters. The zero-order valence-electron chi connectivity index (χ0n) is 14.6. The maximum atomic E-state index is 4.32. The van der Waals surface area contributed by atoms with Crippen LogP contribution in [0, 0.1) is 11.8 Å². The molecule has 21 heavy (non-hydrogen) atoms. The highest BCUT2D eigenvalue weighted by molar-refractivity contribution is 5.79. The van der Waals surface area contributed by atoms with Crippen molar-refractivity contribution in [3.63, 3.8) is 0 Å². The lowest BCUT2D eigenvalue weighted by Gasteiger charge is -2.31. The number of guanidine groups is 1. The number of nitrogens with zero attached hydrogens (tertiary/aromatic N) is 2. The number of nitrogens with one attached hydrogen (secondary N) is 2. The van der Waals surface area contributed by atoms with Gasteiger partial charge in [-0.25, -0.2) is 0 Å². The van der Waals surface area contributed by atoms with Crippen LogP contribution in [0.15, 0.2) is 4.99 Å². The van der Waals surface area contributed by atoms with Crippen LogP contribution in [0.3, 0.4) is 0 Å². The van der Waals surface area contributed by atoms with Crippen LogP contribution < -0.4 is 10.6 Å². The lowest BCUT2D eigenvalue weighted by Crippen LogP contribution is -2.41. The smallest absolute Gasteiger partial charge is 0.190 e. The average molecular weight is 297 g/mol. The third-order valence-electron chi connectivity index (χ3n) is 4.94. The fraction of sp³-hybridized carbons (Fsp3) is 0.941. The molecular formula is C17H36N4. The Morgan fingerprint density at radius 1 is 1.14 bits per heavy atom. The molecule has 1 aliphatic heterocycles. The van der Waals surface area contributed by atoms with Crippen LogP contribution in [-0.4, -0.2) is 50.6 Å². The van der Waals surface area contributed by atoms with Crippen molar-refractivity contribution in [1.82, 2.24) is 15.5 Å². The van der Waals surface area contributed by atoms with Gasteiger partial charge in [0.1, 0.15) is 0 Å². The van der Waals surface area contributed by atoms with Gasteiger partial charge in [0.05, 0.1) is 0 Å². The van der Waals surface area contributed by atoms with Crippen LogP contribution in [0.2, 0.25) is 0 Å². The molecule has 1 aliphatic rings. The zero-order chi connectivity index (χ0) is 15.5. The van der Waals surface area contributed by atoms with Crippen LogP contribution in [0.1, 0.15) is 52.9 Å². The largest absolute Gasteiger partial charge is 0.356 e. The van der Waals surface area contributed by atoms with Gasteiger partial charge in [0.25, 0.3) is 0 Å². The minimum absolute atomic E-state index is 0.752.